The molecule has 20 heavy (non-hydrogen) atoms. The number of sulfonamides is 1. The van der Waals surface area contributed by atoms with Gasteiger partial charge in [0.25, 0.3) is 0 Å². The van der Waals surface area contributed by atoms with Gasteiger partial charge in [-0.3, -0.25) is 4.79 Å². The first-order valence-electron chi connectivity index (χ1n) is 7.31. The average molecular weight is 303 g/mol. The molecule has 0 aromatic heterocycles. The van der Waals surface area contributed by atoms with Crippen LogP contribution in [0.2, 0.25) is 0 Å². The molecule has 0 bridgehead atoms. The Hall–Kier alpha value is -0.660. The molecule has 2 fully saturated rings. The summed E-state index contributed by atoms with van der Waals surface area (Å²) < 4.78 is 24.8. The molecule has 116 valence electrons. The van der Waals surface area contributed by atoms with Gasteiger partial charge in [-0.05, 0) is 31.2 Å². The molecular formula is C13H25N3O3S. The van der Waals surface area contributed by atoms with Gasteiger partial charge in [0.15, 0.2) is 0 Å². The van der Waals surface area contributed by atoms with Crippen molar-refractivity contribution in [2.24, 2.45) is 17.8 Å². The molecule has 2 N–H and O–H groups in total. The molecule has 3 atom stereocenters. The van der Waals surface area contributed by atoms with Gasteiger partial charge < -0.3 is 10.2 Å². The average Bonchev–Trinajstić information content (AvgIpc) is 2.81. The van der Waals surface area contributed by atoms with Crippen LogP contribution in [-0.4, -0.2) is 58.2 Å². The van der Waals surface area contributed by atoms with Gasteiger partial charge >= 0.3 is 0 Å². The molecule has 0 radical (unpaired) electrons. The molecule has 2 aliphatic rings. The van der Waals surface area contributed by atoms with Gasteiger partial charge in [0, 0.05) is 26.2 Å². The van der Waals surface area contributed by atoms with Crippen LogP contribution in [0.1, 0.15) is 19.8 Å². The third kappa shape index (κ3) is 4.17. The Morgan fingerprint density at radius 1 is 1.40 bits per heavy atom. The molecule has 7 heteroatoms. The zero-order valence-electron chi connectivity index (χ0n) is 12.3. The summed E-state index contributed by atoms with van der Waals surface area (Å²) in [6.07, 6.45) is 3.10. The fourth-order valence-electron chi connectivity index (χ4n) is 3.08. The quantitative estimate of drug-likeness (QED) is 0.743. The normalized spacial score (nSPS) is 31.5. The first-order valence-corrected chi connectivity index (χ1v) is 9.20. The molecule has 2 rings (SSSR count). The summed E-state index contributed by atoms with van der Waals surface area (Å²) in [5.74, 6) is 0.923. The Bertz CT molecular complexity index is 452. The second-order valence-electron chi connectivity index (χ2n) is 6.16. The standard InChI is InChI=1S/C13H25N3O3S/c1-10-6-14-8-12(10)13(17)16-5-3-4-11(9-16)7-15-20(2,18)19/h10-12,14-15H,3-9H2,1-2H3/t10-,11?,12-/m1/s1. The number of hydrogen-bond acceptors (Lipinski definition) is 4. The van der Waals surface area contributed by atoms with Crippen molar-refractivity contribution in [1.82, 2.24) is 14.9 Å². The second kappa shape index (κ2) is 6.41. The largest absolute Gasteiger partial charge is 0.342 e. The molecule has 0 aliphatic carbocycles. The minimum Gasteiger partial charge on any atom is -0.342 e. The van der Waals surface area contributed by atoms with Gasteiger partial charge in [-0.15, -0.1) is 0 Å². The summed E-state index contributed by atoms with van der Waals surface area (Å²) in [6.45, 7) is 5.68. The minimum atomic E-state index is -3.15. The maximum atomic E-state index is 12.5. The molecule has 6 nitrogen and oxygen atoms in total. The van der Waals surface area contributed by atoms with Crippen LogP contribution in [0.3, 0.4) is 0 Å². The molecule has 0 aromatic carbocycles. The number of carbonyl (C=O) groups is 1. The van der Waals surface area contributed by atoms with E-state index < -0.39 is 10.0 Å². The Morgan fingerprint density at radius 3 is 2.75 bits per heavy atom. The van der Waals surface area contributed by atoms with Crippen LogP contribution < -0.4 is 10.0 Å². The van der Waals surface area contributed by atoms with E-state index in [4.69, 9.17) is 0 Å². The van der Waals surface area contributed by atoms with Crippen LogP contribution in [0.25, 0.3) is 0 Å². The zero-order valence-corrected chi connectivity index (χ0v) is 13.1. The van der Waals surface area contributed by atoms with Crippen LogP contribution in [-0.2, 0) is 14.8 Å². The van der Waals surface area contributed by atoms with E-state index >= 15 is 0 Å². The van der Waals surface area contributed by atoms with Crippen molar-refractivity contribution in [3.8, 4) is 0 Å². The second-order valence-corrected chi connectivity index (χ2v) is 7.99. The topological polar surface area (TPSA) is 78.5 Å². The van der Waals surface area contributed by atoms with Crippen molar-refractivity contribution >= 4 is 15.9 Å². The van der Waals surface area contributed by atoms with Crippen molar-refractivity contribution in [2.45, 2.75) is 19.8 Å². The third-order valence-corrected chi connectivity index (χ3v) is 4.99. The van der Waals surface area contributed by atoms with Crippen LogP contribution >= 0.6 is 0 Å². The Morgan fingerprint density at radius 2 is 2.15 bits per heavy atom. The van der Waals surface area contributed by atoms with Crippen LogP contribution in [0.4, 0.5) is 0 Å². The fourth-order valence-corrected chi connectivity index (χ4v) is 3.61. The number of carbonyl (C=O) groups excluding carboxylic acids is 1. The van der Waals surface area contributed by atoms with Crippen molar-refractivity contribution < 1.29 is 13.2 Å². The van der Waals surface area contributed by atoms with E-state index in [1.165, 1.54) is 6.26 Å². The highest BCUT2D eigenvalue weighted by Crippen LogP contribution is 2.23. The fraction of sp³-hybridized carbons (Fsp3) is 0.923. The number of rotatable bonds is 4. The molecule has 2 saturated heterocycles. The van der Waals surface area contributed by atoms with Gasteiger partial charge in [0.1, 0.15) is 0 Å². The van der Waals surface area contributed by atoms with Crippen LogP contribution in [0.15, 0.2) is 0 Å². The lowest BCUT2D eigenvalue weighted by Gasteiger charge is -2.35. The molecule has 0 aromatic rings. The van der Waals surface area contributed by atoms with Crippen molar-refractivity contribution in [2.75, 3.05) is 39.0 Å². The first-order chi connectivity index (χ1) is 9.37. The number of nitrogens with zero attached hydrogens (tertiary/aromatic N) is 1. The number of amides is 1. The smallest absolute Gasteiger partial charge is 0.227 e. The third-order valence-electron chi connectivity index (χ3n) is 4.30. The van der Waals surface area contributed by atoms with Gasteiger partial charge in [-0.25, -0.2) is 13.1 Å². The van der Waals surface area contributed by atoms with Crippen LogP contribution in [0, 0.1) is 17.8 Å². The van der Waals surface area contributed by atoms with E-state index in [0.717, 1.165) is 32.5 Å². The Balaban J connectivity index is 1.88. The maximum absolute atomic E-state index is 12.5. The maximum Gasteiger partial charge on any atom is 0.227 e. The number of piperidine rings is 1. The highest BCUT2D eigenvalue weighted by Gasteiger charge is 2.34. The van der Waals surface area contributed by atoms with Crippen molar-refractivity contribution in [3.63, 3.8) is 0 Å². The molecule has 0 saturated carbocycles. The van der Waals surface area contributed by atoms with E-state index in [1.54, 1.807) is 0 Å². The van der Waals surface area contributed by atoms with Crippen LogP contribution in [0.5, 0.6) is 0 Å². The Kier molecular flexibility index (Phi) is 5.04. The molecule has 1 amide bonds. The highest BCUT2D eigenvalue weighted by atomic mass is 32.2. The summed E-state index contributed by atoms with van der Waals surface area (Å²) in [6, 6.07) is 0. The summed E-state index contributed by atoms with van der Waals surface area (Å²) in [5.41, 5.74) is 0. The summed E-state index contributed by atoms with van der Waals surface area (Å²) in [4.78, 5) is 14.4. The number of nitrogens with one attached hydrogen (secondary N) is 2. The van der Waals surface area contributed by atoms with Gasteiger partial charge in [-0.1, -0.05) is 6.92 Å². The lowest BCUT2D eigenvalue weighted by Crippen LogP contribution is -2.46. The summed E-state index contributed by atoms with van der Waals surface area (Å²) in [7, 11) is -3.15. The summed E-state index contributed by atoms with van der Waals surface area (Å²) in [5, 5.41) is 3.26. The number of hydrogen-bond donors (Lipinski definition) is 2. The van der Waals surface area contributed by atoms with Crippen molar-refractivity contribution in [1.29, 1.82) is 0 Å². The Labute approximate surface area is 121 Å². The molecule has 0 spiro atoms. The lowest BCUT2D eigenvalue weighted by molar-refractivity contribution is -0.137. The molecular weight excluding hydrogens is 278 g/mol. The van der Waals surface area contributed by atoms with Gasteiger partial charge in [0.05, 0.1) is 12.2 Å². The summed E-state index contributed by atoms with van der Waals surface area (Å²) >= 11 is 0. The highest BCUT2D eigenvalue weighted by molar-refractivity contribution is 7.88. The molecule has 2 aliphatic heterocycles. The van der Waals surface area contributed by atoms with E-state index in [1.807, 2.05) is 4.90 Å². The van der Waals surface area contributed by atoms with E-state index in [-0.39, 0.29) is 17.7 Å². The van der Waals surface area contributed by atoms with Gasteiger partial charge in [-0.2, -0.15) is 0 Å². The molecule has 2 heterocycles. The van der Waals surface area contributed by atoms with E-state index in [9.17, 15) is 13.2 Å². The number of likely N-dealkylation sites (tertiary alicyclic amines) is 1. The van der Waals surface area contributed by atoms with Gasteiger partial charge in [0.2, 0.25) is 15.9 Å². The molecule has 1 unspecified atom stereocenters. The monoisotopic (exact) mass is 303 g/mol. The van der Waals surface area contributed by atoms with E-state index in [0.29, 0.717) is 19.0 Å². The zero-order chi connectivity index (χ0) is 14.8. The van der Waals surface area contributed by atoms with E-state index in [2.05, 4.69) is 17.0 Å². The predicted molar refractivity (Wildman–Crippen MR) is 77.7 cm³/mol. The minimum absolute atomic E-state index is 0.0802. The SMILES string of the molecule is C[C@@H]1CNC[C@H]1C(=O)N1CCCC(CNS(C)(=O)=O)C1. The van der Waals surface area contributed by atoms with Crippen molar-refractivity contribution in [3.05, 3.63) is 0 Å². The first kappa shape index (κ1) is 15.7. The predicted octanol–water partition coefficient (Wildman–Crippen LogP) is -0.370. The lowest BCUT2D eigenvalue weighted by atomic mass is 9.93.